The molecule has 7 atom stereocenters. The third-order valence-corrected chi connectivity index (χ3v) is 10.9. The van der Waals surface area contributed by atoms with Gasteiger partial charge in [-0.05, 0) is 56.4 Å². The summed E-state index contributed by atoms with van der Waals surface area (Å²) in [6, 6.07) is 8.67. The zero-order valence-corrected chi connectivity index (χ0v) is 24.1. The molecule has 35 heavy (non-hydrogen) atoms. The average molecular weight is 501 g/mol. The van der Waals surface area contributed by atoms with Crippen LogP contribution in [-0.4, -0.2) is 22.2 Å². The number of benzene rings is 1. The summed E-state index contributed by atoms with van der Waals surface area (Å²) in [5, 5.41) is 1.05. The second-order valence-electron chi connectivity index (χ2n) is 12.8. The molecule has 2 unspecified atom stereocenters. The van der Waals surface area contributed by atoms with Crippen molar-refractivity contribution in [2.75, 3.05) is 0 Å². The lowest BCUT2D eigenvalue weighted by Crippen LogP contribution is -2.55. The fraction of sp³-hybridized carbons (Fsp3) is 0.812. The lowest BCUT2D eigenvalue weighted by atomic mass is 9.83. The first-order valence-electron chi connectivity index (χ1n) is 14.9. The van der Waals surface area contributed by atoms with Crippen molar-refractivity contribution < 1.29 is 9.47 Å². The quantitative estimate of drug-likeness (QED) is 0.284. The van der Waals surface area contributed by atoms with Crippen molar-refractivity contribution in [3.63, 3.8) is 0 Å². The topological polar surface area (TPSA) is 18.5 Å². The van der Waals surface area contributed by atoms with Gasteiger partial charge in [0.25, 0.3) is 0 Å². The number of para-hydroxylation sites is 1. The molecule has 0 radical (unpaired) electrons. The molecule has 3 heteroatoms. The Labute approximate surface area is 220 Å². The van der Waals surface area contributed by atoms with Gasteiger partial charge in [-0.3, -0.25) is 0 Å². The molecule has 2 heterocycles. The van der Waals surface area contributed by atoms with Crippen LogP contribution in [0.2, 0.25) is 0 Å². The van der Waals surface area contributed by atoms with Crippen molar-refractivity contribution in [3.8, 4) is 5.75 Å². The SMILES string of the molecule is CC(C)CCCC(C)CCCC(C)CCC[C@]1(C)Oc2ccccc2[C@@H]2O[C@@H]3CCCC[C@@H]3S[C@H]21. The molecule has 0 aromatic heterocycles. The van der Waals surface area contributed by atoms with Gasteiger partial charge in [-0.2, -0.15) is 0 Å². The summed E-state index contributed by atoms with van der Waals surface area (Å²) in [4.78, 5) is 0. The lowest BCUT2D eigenvalue weighted by Gasteiger charge is -2.53. The normalized spacial score (nSPS) is 31.7. The zero-order valence-electron chi connectivity index (χ0n) is 23.3. The van der Waals surface area contributed by atoms with E-state index in [4.69, 9.17) is 9.47 Å². The summed E-state index contributed by atoms with van der Waals surface area (Å²) in [6.07, 6.45) is 17.9. The van der Waals surface area contributed by atoms with Crippen molar-refractivity contribution in [2.24, 2.45) is 17.8 Å². The molecule has 0 amide bonds. The van der Waals surface area contributed by atoms with Gasteiger partial charge in [0.15, 0.2) is 0 Å². The number of fused-ring (bicyclic) bond motifs is 4. The fourth-order valence-electron chi connectivity index (χ4n) is 6.68. The molecule has 3 aliphatic rings. The Morgan fingerprint density at radius 1 is 0.886 bits per heavy atom. The van der Waals surface area contributed by atoms with Crippen LogP contribution in [0.25, 0.3) is 0 Å². The predicted octanol–water partition coefficient (Wildman–Crippen LogP) is 9.76. The highest BCUT2D eigenvalue weighted by Gasteiger charge is 2.52. The van der Waals surface area contributed by atoms with Crippen LogP contribution in [0.5, 0.6) is 5.75 Å². The van der Waals surface area contributed by atoms with Gasteiger partial charge in [0.1, 0.15) is 17.5 Å². The van der Waals surface area contributed by atoms with E-state index in [1.807, 2.05) is 0 Å². The van der Waals surface area contributed by atoms with Crippen LogP contribution in [0.4, 0.5) is 0 Å². The van der Waals surface area contributed by atoms with E-state index in [0.717, 1.165) is 29.9 Å². The fourth-order valence-corrected chi connectivity index (χ4v) is 8.55. The van der Waals surface area contributed by atoms with Crippen LogP contribution in [0.1, 0.15) is 130 Å². The first-order chi connectivity index (χ1) is 16.9. The van der Waals surface area contributed by atoms with E-state index < -0.39 is 0 Å². The summed E-state index contributed by atoms with van der Waals surface area (Å²) in [5.41, 5.74) is 1.14. The van der Waals surface area contributed by atoms with Gasteiger partial charge in [-0.25, -0.2) is 0 Å². The summed E-state index contributed by atoms with van der Waals surface area (Å²) >= 11 is 2.20. The Bertz CT molecular complexity index is 779. The van der Waals surface area contributed by atoms with Crippen LogP contribution in [0.3, 0.4) is 0 Å². The first kappa shape index (κ1) is 27.4. The van der Waals surface area contributed by atoms with Gasteiger partial charge in [0, 0.05) is 10.8 Å². The van der Waals surface area contributed by atoms with Crippen LogP contribution in [-0.2, 0) is 4.74 Å². The van der Waals surface area contributed by atoms with Gasteiger partial charge in [0.05, 0.1) is 11.4 Å². The highest BCUT2D eigenvalue weighted by molar-refractivity contribution is 8.00. The van der Waals surface area contributed by atoms with Gasteiger partial charge in [-0.15, -0.1) is 11.8 Å². The smallest absolute Gasteiger partial charge is 0.126 e. The Morgan fingerprint density at radius 2 is 1.54 bits per heavy atom. The van der Waals surface area contributed by atoms with Crippen LogP contribution >= 0.6 is 11.8 Å². The number of hydrogen-bond acceptors (Lipinski definition) is 3. The molecule has 0 N–H and O–H groups in total. The number of thioether (sulfide) groups is 1. The third kappa shape index (κ3) is 7.22. The molecule has 198 valence electrons. The first-order valence-corrected chi connectivity index (χ1v) is 15.9. The molecule has 1 aromatic rings. The van der Waals surface area contributed by atoms with Crippen molar-refractivity contribution in [1.82, 2.24) is 0 Å². The molecule has 2 fully saturated rings. The lowest BCUT2D eigenvalue weighted by molar-refractivity contribution is -0.0871. The third-order valence-electron chi connectivity index (χ3n) is 8.97. The van der Waals surface area contributed by atoms with Crippen molar-refractivity contribution in [1.29, 1.82) is 0 Å². The Morgan fingerprint density at radius 3 is 2.29 bits per heavy atom. The Hall–Kier alpha value is -0.670. The molecule has 2 aliphatic heterocycles. The highest BCUT2D eigenvalue weighted by Crippen LogP contribution is 2.55. The monoisotopic (exact) mass is 500 g/mol. The maximum Gasteiger partial charge on any atom is 0.126 e. The second-order valence-corrected chi connectivity index (χ2v) is 14.2. The summed E-state index contributed by atoms with van der Waals surface area (Å²) in [6.45, 7) is 12.0. The van der Waals surface area contributed by atoms with Crippen LogP contribution < -0.4 is 4.74 Å². The molecular formula is C32H52O2S. The Balaban J connectivity index is 1.27. The molecule has 2 nitrogen and oxygen atoms in total. The summed E-state index contributed by atoms with van der Waals surface area (Å²) in [5.74, 6) is 3.61. The minimum Gasteiger partial charge on any atom is -0.486 e. The van der Waals surface area contributed by atoms with E-state index in [0.29, 0.717) is 16.6 Å². The molecular weight excluding hydrogens is 448 g/mol. The number of hydrogen-bond donors (Lipinski definition) is 0. The van der Waals surface area contributed by atoms with E-state index in [9.17, 15) is 0 Å². The number of ether oxygens (including phenoxy) is 2. The second kappa shape index (κ2) is 12.7. The van der Waals surface area contributed by atoms with Crippen molar-refractivity contribution in [2.45, 2.75) is 146 Å². The van der Waals surface area contributed by atoms with Crippen LogP contribution in [0.15, 0.2) is 24.3 Å². The predicted molar refractivity (Wildman–Crippen MR) is 151 cm³/mol. The van der Waals surface area contributed by atoms with Gasteiger partial charge >= 0.3 is 0 Å². The van der Waals surface area contributed by atoms with E-state index in [1.54, 1.807) is 0 Å². The largest absolute Gasteiger partial charge is 0.486 e. The van der Waals surface area contributed by atoms with E-state index in [-0.39, 0.29) is 11.7 Å². The van der Waals surface area contributed by atoms with E-state index in [1.165, 1.54) is 82.6 Å². The Kier molecular flexibility index (Phi) is 9.95. The van der Waals surface area contributed by atoms with Crippen molar-refractivity contribution in [3.05, 3.63) is 29.8 Å². The molecule has 0 bridgehead atoms. The average Bonchev–Trinajstić information content (AvgIpc) is 2.83. The highest BCUT2D eigenvalue weighted by atomic mass is 32.2. The van der Waals surface area contributed by atoms with Gasteiger partial charge < -0.3 is 9.47 Å². The maximum atomic E-state index is 6.86. The summed E-state index contributed by atoms with van der Waals surface area (Å²) < 4.78 is 13.7. The molecule has 1 saturated heterocycles. The zero-order chi connectivity index (χ0) is 24.8. The van der Waals surface area contributed by atoms with E-state index in [2.05, 4.69) is 70.6 Å². The number of rotatable bonds is 12. The minimum absolute atomic E-state index is 0.142. The van der Waals surface area contributed by atoms with Crippen LogP contribution in [0, 0.1) is 17.8 Å². The molecule has 0 spiro atoms. The molecule has 1 aromatic carbocycles. The maximum absolute atomic E-state index is 6.86. The van der Waals surface area contributed by atoms with E-state index >= 15 is 0 Å². The minimum atomic E-state index is -0.142. The van der Waals surface area contributed by atoms with Gasteiger partial charge in [0.2, 0.25) is 0 Å². The summed E-state index contributed by atoms with van der Waals surface area (Å²) in [7, 11) is 0. The standard InChI is InChI=1S/C32H52O2S/c1-23(2)13-10-14-24(3)15-11-16-25(4)17-12-22-32(5)31-30(26-18-6-7-19-27(26)34-32)33-28-20-8-9-21-29(28)35-31/h6-7,18-19,23-25,28-31H,8-17,20-22H2,1-5H3/t24?,25?,28-,29+,30+,31-,32+/m1/s1. The molecule has 1 saturated carbocycles. The molecule has 4 rings (SSSR count). The molecule has 1 aliphatic carbocycles. The van der Waals surface area contributed by atoms with Gasteiger partial charge in [-0.1, -0.05) is 104 Å². The van der Waals surface area contributed by atoms with Crippen molar-refractivity contribution >= 4 is 11.8 Å².